The van der Waals surface area contributed by atoms with Crippen LogP contribution in [0.1, 0.15) is 27.7 Å². The monoisotopic (exact) mass is 516 g/mol. The number of hydrogen-bond donors (Lipinski definition) is 0. The summed E-state index contributed by atoms with van der Waals surface area (Å²) >= 11 is 3.54. The molecule has 0 aromatic heterocycles. The van der Waals surface area contributed by atoms with Gasteiger partial charge in [0.05, 0.1) is 11.8 Å². The lowest BCUT2D eigenvalue weighted by molar-refractivity contribution is -0.148. The first-order chi connectivity index (χ1) is 15.8. The third kappa shape index (κ3) is 6.16. The third-order valence-corrected chi connectivity index (χ3v) is 5.47. The van der Waals surface area contributed by atoms with Crippen molar-refractivity contribution >= 4 is 49.4 Å². The van der Waals surface area contributed by atoms with E-state index in [-0.39, 0.29) is 50.2 Å². The smallest absolute Gasteiger partial charge is 0.308 e. The lowest BCUT2D eigenvalue weighted by Crippen LogP contribution is -2.17. The van der Waals surface area contributed by atoms with Gasteiger partial charge in [0.25, 0.3) is 0 Å². The van der Waals surface area contributed by atoms with E-state index in [4.69, 9.17) is 18.9 Å². The molecule has 0 aliphatic rings. The van der Waals surface area contributed by atoms with E-state index >= 15 is 0 Å². The predicted molar refractivity (Wildman–Crippen MR) is 132 cm³/mol. The van der Waals surface area contributed by atoms with Crippen molar-refractivity contribution in [2.24, 2.45) is 11.8 Å². The molecule has 3 rings (SSSR count). The standard InChI is InChI=1S/C26H29BrO6/c1-16(2)25(28)32-13-11-30-23-19-7-5-6-8-20(19)24(22-15-18(27)9-10-21(22)23)31-12-14-33-26(29)17(3)4/h5-10,15-17H,11-14H2,1-4H3. The van der Waals surface area contributed by atoms with Gasteiger partial charge in [0, 0.05) is 26.0 Å². The summed E-state index contributed by atoms with van der Waals surface area (Å²) in [6, 6.07) is 13.7. The van der Waals surface area contributed by atoms with Crippen molar-refractivity contribution in [3.8, 4) is 11.5 Å². The van der Waals surface area contributed by atoms with Crippen LogP contribution < -0.4 is 9.47 Å². The molecule has 0 unspecified atom stereocenters. The molecule has 0 saturated carbocycles. The van der Waals surface area contributed by atoms with Gasteiger partial charge in [-0.25, -0.2) is 0 Å². The Morgan fingerprint density at radius 2 is 1.15 bits per heavy atom. The highest BCUT2D eigenvalue weighted by atomic mass is 79.9. The first-order valence-electron chi connectivity index (χ1n) is 11.0. The van der Waals surface area contributed by atoms with Crippen LogP contribution in [0.25, 0.3) is 21.5 Å². The number of carbonyl (C=O) groups excluding carboxylic acids is 2. The maximum Gasteiger partial charge on any atom is 0.308 e. The van der Waals surface area contributed by atoms with Crippen molar-refractivity contribution in [3.05, 3.63) is 46.9 Å². The van der Waals surface area contributed by atoms with Crippen molar-refractivity contribution in [2.75, 3.05) is 26.4 Å². The molecule has 0 aliphatic carbocycles. The van der Waals surface area contributed by atoms with Crippen molar-refractivity contribution in [2.45, 2.75) is 27.7 Å². The Kier molecular flexibility index (Phi) is 8.55. The Morgan fingerprint density at radius 1 is 0.697 bits per heavy atom. The number of carbonyl (C=O) groups is 2. The molecule has 33 heavy (non-hydrogen) atoms. The third-order valence-electron chi connectivity index (χ3n) is 4.98. The Hall–Kier alpha value is -2.80. The van der Waals surface area contributed by atoms with Crippen LogP contribution in [0.5, 0.6) is 11.5 Å². The fourth-order valence-electron chi connectivity index (χ4n) is 3.29. The number of ether oxygens (including phenoxy) is 4. The van der Waals surface area contributed by atoms with E-state index in [9.17, 15) is 9.59 Å². The Morgan fingerprint density at radius 3 is 1.64 bits per heavy atom. The molecule has 3 aromatic rings. The molecule has 0 heterocycles. The topological polar surface area (TPSA) is 71.1 Å². The second-order valence-electron chi connectivity index (χ2n) is 8.24. The van der Waals surface area contributed by atoms with Crippen LogP contribution in [-0.2, 0) is 19.1 Å². The molecular weight excluding hydrogens is 488 g/mol. The van der Waals surface area contributed by atoms with Gasteiger partial charge in [-0.1, -0.05) is 67.9 Å². The maximum atomic E-state index is 11.7. The van der Waals surface area contributed by atoms with E-state index in [0.717, 1.165) is 26.0 Å². The summed E-state index contributed by atoms with van der Waals surface area (Å²) in [6.45, 7) is 7.99. The summed E-state index contributed by atoms with van der Waals surface area (Å²) in [7, 11) is 0. The number of rotatable bonds is 10. The van der Waals surface area contributed by atoms with Crippen LogP contribution in [0.2, 0.25) is 0 Å². The van der Waals surface area contributed by atoms with Gasteiger partial charge in [-0.2, -0.15) is 0 Å². The fraction of sp³-hybridized carbons (Fsp3) is 0.385. The summed E-state index contributed by atoms with van der Waals surface area (Å²) in [5, 5.41) is 3.51. The maximum absolute atomic E-state index is 11.7. The number of esters is 2. The molecule has 176 valence electrons. The molecule has 0 spiro atoms. The average molecular weight is 517 g/mol. The van der Waals surface area contributed by atoms with Gasteiger partial charge < -0.3 is 18.9 Å². The van der Waals surface area contributed by atoms with Crippen molar-refractivity contribution in [1.29, 1.82) is 0 Å². The molecule has 0 saturated heterocycles. The number of halogens is 1. The Bertz CT molecular complexity index is 1140. The summed E-state index contributed by atoms with van der Waals surface area (Å²) in [5.74, 6) is 0.532. The van der Waals surface area contributed by atoms with Crippen LogP contribution >= 0.6 is 15.9 Å². The minimum absolute atomic E-state index is 0.167. The molecule has 0 N–H and O–H groups in total. The number of fused-ring (bicyclic) bond motifs is 2. The van der Waals surface area contributed by atoms with E-state index in [2.05, 4.69) is 15.9 Å². The SMILES string of the molecule is CC(C)C(=O)OCCOc1c2ccccc2c(OCCOC(=O)C(C)C)c2cc(Br)ccc12. The molecule has 0 aliphatic heterocycles. The number of benzene rings is 3. The fourth-order valence-corrected chi connectivity index (χ4v) is 3.65. The second-order valence-corrected chi connectivity index (χ2v) is 9.15. The van der Waals surface area contributed by atoms with Gasteiger partial charge in [-0.05, 0) is 18.2 Å². The quantitative estimate of drug-likeness (QED) is 0.189. The summed E-state index contributed by atoms with van der Waals surface area (Å²) in [5.41, 5.74) is 0. The first-order valence-corrected chi connectivity index (χ1v) is 11.8. The van der Waals surface area contributed by atoms with Gasteiger partial charge in [-0.15, -0.1) is 0 Å². The van der Waals surface area contributed by atoms with Gasteiger partial charge >= 0.3 is 11.9 Å². The summed E-state index contributed by atoms with van der Waals surface area (Å²) in [4.78, 5) is 23.5. The van der Waals surface area contributed by atoms with E-state index in [0.29, 0.717) is 11.5 Å². The van der Waals surface area contributed by atoms with Crippen molar-refractivity contribution in [3.63, 3.8) is 0 Å². The highest BCUT2D eigenvalue weighted by Gasteiger charge is 2.17. The van der Waals surface area contributed by atoms with Crippen LogP contribution in [0, 0.1) is 11.8 Å². The zero-order valence-electron chi connectivity index (χ0n) is 19.4. The minimum atomic E-state index is -0.252. The molecule has 0 atom stereocenters. The number of hydrogen-bond acceptors (Lipinski definition) is 6. The molecular formula is C26H29BrO6. The van der Waals surface area contributed by atoms with E-state index < -0.39 is 0 Å². The van der Waals surface area contributed by atoms with Crippen LogP contribution in [0.4, 0.5) is 0 Å². The second kappa shape index (κ2) is 11.4. The first kappa shape index (κ1) is 24.8. The molecule has 7 heteroatoms. The lowest BCUT2D eigenvalue weighted by Gasteiger charge is -2.18. The van der Waals surface area contributed by atoms with Crippen molar-refractivity contribution in [1.82, 2.24) is 0 Å². The molecule has 6 nitrogen and oxygen atoms in total. The Balaban J connectivity index is 1.90. The molecule has 3 aromatic carbocycles. The summed E-state index contributed by atoms with van der Waals surface area (Å²) in [6.07, 6.45) is 0. The van der Waals surface area contributed by atoms with Crippen LogP contribution in [0.15, 0.2) is 46.9 Å². The van der Waals surface area contributed by atoms with Crippen molar-refractivity contribution < 1.29 is 28.5 Å². The Labute approximate surface area is 202 Å². The average Bonchev–Trinajstić information content (AvgIpc) is 2.79. The molecule has 0 radical (unpaired) electrons. The summed E-state index contributed by atoms with van der Waals surface area (Å²) < 4.78 is 23.7. The van der Waals surface area contributed by atoms with Crippen LogP contribution in [-0.4, -0.2) is 38.4 Å². The van der Waals surface area contributed by atoms with Crippen LogP contribution in [0.3, 0.4) is 0 Å². The van der Waals surface area contributed by atoms with E-state index in [1.807, 2.05) is 42.5 Å². The molecule has 0 bridgehead atoms. The molecule has 0 amide bonds. The highest BCUT2D eigenvalue weighted by molar-refractivity contribution is 9.10. The highest BCUT2D eigenvalue weighted by Crippen LogP contribution is 2.43. The largest absolute Gasteiger partial charge is 0.489 e. The zero-order chi connectivity index (χ0) is 24.0. The zero-order valence-corrected chi connectivity index (χ0v) is 20.9. The van der Waals surface area contributed by atoms with Gasteiger partial charge in [0.2, 0.25) is 0 Å². The van der Waals surface area contributed by atoms with E-state index in [1.165, 1.54) is 0 Å². The van der Waals surface area contributed by atoms with E-state index in [1.54, 1.807) is 27.7 Å². The van der Waals surface area contributed by atoms with Gasteiger partial charge in [0.1, 0.15) is 37.9 Å². The molecule has 0 fully saturated rings. The lowest BCUT2D eigenvalue weighted by atomic mass is 10.0. The van der Waals surface area contributed by atoms with Gasteiger partial charge in [0.15, 0.2) is 0 Å². The predicted octanol–water partition coefficient (Wildman–Crippen LogP) is 5.91. The van der Waals surface area contributed by atoms with Gasteiger partial charge in [-0.3, -0.25) is 9.59 Å². The minimum Gasteiger partial charge on any atom is -0.489 e. The normalized spacial score (nSPS) is 11.2.